The number of hydrogen-bond donors (Lipinski definition) is 1. The summed E-state index contributed by atoms with van der Waals surface area (Å²) in [5, 5.41) is 3.19. The highest BCUT2D eigenvalue weighted by atomic mass is 16.5. The van der Waals surface area contributed by atoms with Crippen LogP contribution in [0.2, 0.25) is 0 Å². The Morgan fingerprint density at radius 2 is 1.70 bits per heavy atom. The Balaban J connectivity index is 1.85. The number of amides is 2. The molecule has 0 aliphatic carbocycles. The highest BCUT2D eigenvalue weighted by Crippen LogP contribution is 2.38. The summed E-state index contributed by atoms with van der Waals surface area (Å²) in [4.78, 5) is 28.5. The van der Waals surface area contributed by atoms with E-state index in [9.17, 15) is 9.59 Å². The number of methoxy groups -OCH3 is 1. The van der Waals surface area contributed by atoms with Crippen LogP contribution < -0.4 is 19.7 Å². The SMILES string of the molecule is CCOc1cccc(NC2=C(c3ccc(C)cc3C)C(=O)N(c3ccccc3OC)C2=O)c1. The summed E-state index contributed by atoms with van der Waals surface area (Å²) < 4.78 is 11.0. The van der Waals surface area contributed by atoms with Gasteiger partial charge in [-0.25, -0.2) is 4.90 Å². The molecule has 0 bridgehead atoms. The molecule has 0 aromatic heterocycles. The molecule has 0 spiro atoms. The lowest BCUT2D eigenvalue weighted by atomic mass is 9.97. The van der Waals surface area contributed by atoms with Crippen LogP contribution in [0.4, 0.5) is 11.4 Å². The number of rotatable bonds is 7. The monoisotopic (exact) mass is 442 g/mol. The molecule has 6 nitrogen and oxygen atoms in total. The molecule has 0 atom stereocenters. The Labute approximate surface area is 193 Å². The van der Waals surface area contributed by atoms with E-state index in [0.29, 0.717) is 40.6 Å². The lowest BCUT2D eigenvalue weighted by molar-refractivity contribution is -0.120. The summed E-state index contributed by atoms with van der Waals surface area (Å²) in [6.45, 7) is 6.36. The van der Waals surface area contributed by atoms with E-state index in [1.54, 1.807) is 30.3 Å². The first kappa shape index (κ1) is 22.1. The van der Waals surface area contributed by atoms with Gasteiger partial charge >= 0.3 is 0 Å². The second kappa shape index (κ2) is 9.20. The van der Waals surface area contributed by atoms with E-state index >= 15 is 0 Å². The van der Waals surface area contributed by atoms with Crippen LogP contribution in [0.3, 0.4) is 0 Å². The number of carbonyl (C=O) groups is 2. The molecule has 1 aliphatic rings. The van der Waals surface area contributed by atoms with E-state index in [0.717, 1.165) is 11.1 Å². The van der Waals surface area contributed by atoms with Gasteiger partial charge in [0.05, 0.1) is 25.0 Å². The second-order valence-corrected chi connectivity index (χ2v) is 7.77. The van der Waals surface area contributed by atoms with E-state index in [4.69, 9.17) is 9.47 Å². The van der Waals surface area contributed by atoms with Crippen molar-refractivity contribution in [2.24, 2.45) is 0 Å². The van der Waals surface area contributed by atoms with Crippen LogP contribution in [-0.2, 0) is 9.59 Å². The van der Waals surface area contributed by atoms with Crippen molar-refractivity contribution in [1.82, 2.24) is 0 Å². The molecule has 0 radical (unpaired) electrons. The summed E-state index contributed by atoms with van der Waals surface area (Å²) in [6.07, 6.45) is 0. The quantitative estimate of drug-likeness (QED) is 0.515. The van der Waals surface area contributed by atoms with Gasteiger partial charge in [0.15, 0.2) is 0 Å². The van der Waals surface area contributed by atoms with E-state index in [1.165, 1.54) is 12.0 Å². The minimum absolute atomic E-state index is 0.214. The number of nitrogens with zero attached hydrogens (tertiary/aromatic N) is 1. The minimum Gasteiger partial charge on any atom is -0.495 e. The predicted molar refractivity (Wildman–Crippen MR) is 130 cm³/mol. The maximum atomic E-state index is 13.7. The van der Waals surface area contributed by atoms with Crippen molar-refractivity contribution in [1.29, 1.82) is 0 Å². The molecular formula is C27H26N2O4. The molecule has 6 heteroatoms. The van der Waals surface area contributed by atoms with Gasteiger partial charge in [-0.05, 0) is 56.2 Å². The van der Waals surface area contributed by atoms with Gasteiger partial charge in [-0.15, -0.1) is 0 Å². The zero-order valence-electron chi connectivity index (χ0n) is 19.1. The standard InChI is InChI=1S/C27H26N2O4/c1-5-33-20-10-8-9-19(16-20)28-25-24(21-14-13-17(2)15-18(21)3)26(30)29(27(25)31)22-11-6-7-12-23(22)32-4/h6-16,28H,5H2,1-4H3. The van der Waals surface area contributed by atoms with Crippen LogP contribution in [0.15, 0.2) is 72.4 Å². The summed E-state index contributed by atoms with van der Waals surface area (Å²) in [7, 11) is 1.51. The Morgan fingerprint density at radius 1 is 0.909 bits per heavy atom. The van der Waals surface area contributed by atoms with Gasteiger partial charge in [-0.2, -0.15) is 0 Å². The third-order valence-corrected chi connectivity index (χ3v) is 5.48. The molecule has 0 saturated heterocycles. The van der Waals surface area contributed by atoms with Crippen LogP contribution in [0.5, 0.6) is 11.5 Å². The van der Waals surface area contributed by atoms with Gasteiger partial charge in [0.25, 0.3) is 11.8 Å². The number of anilines is 2. The first-order chi connectivity index (χ1) is 15.9. The van der Waals surface area contributed by atoms with Gasteiger partial charge in [0.1, 0.15) is 17.2 Å². The van der Waals surface area contributed by atoms with Crippen LogP contribution in [0, 0.1) is 13.8 Å². The van der Waals surface area contributed by atoms with E-state index in [-0.39, 0.29) is 5.70 Å². The van der Waals surface area contributed by atoms with Crippen LogP contribution in [-0.4, -0.2) is 25.5 Å². The molecule has 3 aromatic rings. The van der Waals surface area contributed by atoms with Gasteiger partial charge < -0.3 is 14.8 Å². The number of para-hydroxylation sites is 2. The number of benzene rings is 3. The Morgan fingerprint density at radius 3 is 2.42 bits per heavy atom. The fraction of sp³-hybridized carbons (Fsp3) is 0.185. The predicted octanol–water partition coefficient (Wildman–Crippen LogP) is 5.11. The summed E-state index contributed by atoms with van der Waals surface area (Å²) in [5.74, 6) is 0.273. The average Bonchev–Trinajstić information content (AvgIpc) is 3.03. The van der Waals surface area contributed by atoms with Crippen molar-refractivity contribution in [3.05, 3.63) is 89.1 Å². The van der Waals surface area contributed by atoms with Crippen LogP contribution in [0.1, 0.15) is 23.6 Å². The number of ether oxygens (including phenoxy) is 2. The highest BCUT2D eigenvalue weighted by molar-refractivity contribution is 6.46. The zero-order valence-corrected chi connectivity index (χ0v) is 19.1. The molecule has 1 N–H and O–H groups in total. The molecule has 4 rings (SSSR count). The van der Waals surface area contributed by atoms with E-state index in [2.05, 4.69) is 5.32 Å². The molecule has 0 unspecified atom stereocenters. The molecule has 33 heavy (non-hydrogen) atoms. The second-order valence-electron chi connectivity index (χ2n) is 7.77. The third-order valence-electron chi connectivity index (χ3n) is 5.48. The fourth-order valence-corrected chi connectivity index (χ4v) is 4.00. The number of hydrogen-bond acceptors (Lipinski definition) is 5. The topological polar surface area (TPSA) is 67.9 Å². The maximum absolute atomic E-state index is 13.7. The van der Waals surface area contributed by atoms with E-state index in [1.807, 2.05) is 57.2 Å². The van der Waals surface area contributed by atoms with E-state index < -0.39 is 11.8 Å². The van der Waals surface area contributed by atoms with Crippen molar-refractivity contribution in [2.75, 3.05) is 23.9 Å². The molecule has 0 saturated carbocycles. The number of carbonyl (C=O) groups excluding carboxylic acids is 2. The lowest BCUT2D eigenvalue weighted by Gasteiger charge is -2.18. The first-order valence-electron chi connectivity index (χ1n) is 10.8. The highest BCUT2D eigenvalue weighted by Gasteiger charge is 2.41. The fourth-order valence-electron chi connectivity index (χ4n) is 4.00. The molecule has 1 aliphatic heterocycles. The number of imide groups is 1. The largest absolute Gasteiger partial charge is 0.495 e. The van der Waals surface area contributed by atoms with Gasteiger partial charge in [-0.3, -0.25) is 9.59 Å². The van der Waals surface area contributed by atoms with Crippen molar-refractivity contribution < 1.29 is 19.1 Å². The zero-order chi connectivity index (χ0) is 23.5. The van der Waals surface area contributed by atoms with Crippen LogP contribution >= 0.6 is 0 Å². The molecule has 0 fully saturated rings. The molecule has 1 heterocycles. The molecule has 3 aromatic carbocycles. The smallest absolute Gasteiger partial charge is 0.282 e. The van der Waals surface area contributed by atoms with Gasteiger partial charge in [0, 0.05) is 11.8 Å². The van der Waals surface area contributed by atoms with Gasteiger partial charge in [0.2, 0.25) is 0 Å². The van der Waals surface area contributed by atoms with Crippen molar-refractivity contribution in [3.8, 4) is 11.5 Å². The Kier molecular flexibility index (Phi) is 6.18. The van der Waals surface area contributed by atoms with Crippen LogP contribution in [0.25, 0.3) is 5.57 Å². The lowest BCUT2D eigenvalue weighted by Crippen LogP contribution is -2.32. The number of aryl methyl sites for hydroxylation is 2. The molecule has 2 amide bonds. The summed E-state index contributed by atoms with van der Waals surface area (Å²) in [6, 6.07) is 20.1. The maximum Gasteiger partial charge on any atom is 0.282 e. The van der Waals surface area contributed by atoms with Gasteiger partial charge in [-0.1, -0.05) is 42.0 Å². The molecular weight excluding hydrogens is 416 g/mol. The first-order valence-corrected chi connectivity index (χ1v) is 10.8. The normalized spacial score (nSPS) is 13.5. The summed E-state index contributed by atoms with van der Waals surface area (Å²) >= 11 is 0. The third kappa shape index (κ3) is 4.20. The summed E-state index contributed by atoms with van der Waals surface area (Å²) in [5.41, 5.74) is 4.29. The Bertz CT molecular complexity index is 1260. The number of nitrogens with one attached hydrogen (secondary N) is 1. The molecule has 168 valence electrons. The van der Waals surface area contributed by atoms with Crippen molar-refractivity contribution in [3.63, 3.8) is 0 Å². The van der Waals surface area contributed by atoms with Crippen molar-refractivity contribution >= 4 is 28.8 Å². The van der Waals surface area contributed by atoms with Crippen molar-refractivity contribution in [2.45, 2.75) is 20.8 Å². The average molecular weight is 443 g/mol. The Hall–Kier alpha value is -4.06. The minimum atomic E-state index is -0.443.